The van der Waals surface area contributed by atoms with E-state index in [1.54, 1.807) is 17.1 Å². The van der Waals surface area contributed by atoms with Crippen LogP contribution in [0.25, 0.3) is 11.4 Å². The minimum atomic E-state index is 0.0296. The second-order valence-corrected chi connectivity index (χ2v) is 6.66. The number of hydrogen-bond acceptors (Lipinski definition) is 4. The average molecular weight is 378 g/mol. The number of carbonyl (C=O) groups excluding carboxylic acids is 1. The molecule has 6 nitrogen and oxygen atoms in total. The van der Waals surface area contributed by atoms with Gasteiger partial charge in [-0.2, -0.15) is 5.10 Å². The fourth-order valence-electron chi connectivity index (χ4n) is 2.82. The second-order valence-electron chi connectivity index (χ2n) is 6.66. The lowest BCUT2D eigenvalue weighted by Crippen LogP contribution is -2.23. The van der Waals surface area contributed by atoms with E-state index in [1.807, 2.05) is 49.5 Å². The number of amides is 1. The Bertz CT molecular complexity index is 886. The number of ether oxygens (including phenoxy) is 1. The van der Waals surface area contributed by atoms with Crippen LogP contribution in [0.5, 0.6) is 5.75 Å². The van der Waals surface area contributed by atoms with E-state index in [2.05, 4.69) is 22.3 Å². The number of carbonyl (C=O) groups is 1. The summed E-state index contributed by atoms with van der Waals surface area (Å²) < 4.78 is 7.36. The van der Waals surface area contributed by atoms with Gasteiger partial charge in [0.1, 0.15) is 5.75 Å². The number of pyridine rings is 1. The van der Waals surface area contributed by atoms with Crippen molar-refractivity contribution >= 4 is 5.91 Å². The highest BCUT2D eigenvalue weighted by Gasteiger charge is 2.06. The molecule has 0 saturated carbocycles. The molecule has 2 aromatic heterocycles. The van der Waals surface area contributed by atoms with E-state index in [0.29, 0.717) is 19.4 Å². The van der Waals surface area contributed by atoms with Crippen LogP contribution in [0.3, 0.4) is 0 Å². The minimum absolute atomic E-state index is 0.0296. The van der Waals surface area contributed by atoms with E-state index in [1.165, 1.54) is 0 Å². The maximum Gasteiger partial charge on any atom is 0.220 e. The van der Waals surface area contributed by atoms with Gasteiger partial charge in [0, 0.05) is 32.4 Å². The molecule has 0 aliphatic rings. The van der Waals surface area contributed by atoms with Crippen LogP contribution in [0.4, 0.5) is 0 Å². The topological polar surface area (TPSA) is 69.0 Å². The molecule has 1 aromatic carbocycles. The molecular formula is C22H26N4O2. The van der Waals surface area contributed by atoms with Crippen LogP contribution in [-0.4, -0.2) is 27.3 Å². The maximum absolute atomic E-state index is 12.1. The van der Waals surface area contributed by atoms with Gasteiger partial charge in [0.15, 0.2) is 0 Å². The predicted molar refractivity (Wildman–Crippen MR) is 109 cm³/mol. The van der Waals surface area contributed by atoms with Gasteiger partial charge in [0.25, 0.3) is 0 Å². The zero-order valence-electron chi connectivity index (χ0n) is 16.4. The van der Waals surface area contributed by atoms with Crippen LogP contribution in [0, 0.1) is 0 Å². The number of aromatic nitrogens is 3. The summed E-state index contributed by atoms with van der Waals surface area (Å²) in [6, 6.07) is 13.8. The third-order valence-electron chi connectivity index (χ3n) is 4.43. The lowest BCUT2D eigenvalue weighted by atomic mass is 10.1. The monoisotopic (exact) mass is 378 g/mol. The molecule has 146 valence electrons. The molecule has 1 amide bonds. The summed E-state index contributed by atoms with van der Waals surface area (Å²) in [4.78, 5) is 16.6. The van der Waals surface area contributed by atoms with Crippen LogP contribution in [0.15, 0.2) is 54.9 Å². The van der Waals surface area contributed by atoms with Gasteiger partial charge in [0.2, 0.25) is 5.91 Å². The average Bonchev–Trinajstić information content (AvgIpc) is 3.16. The number of nitrogens with zero attached hydrogens (tertiary/aromatic N) is 3. The van der Waals surface area contributed by atoms with Gasteiger partial charge in [0.05, 0.1) is 18.0 Å². The van der Waals surface area contributed by atoms with Crippen molar-refractivity contribution in [1.29, 1.82) is 0 Å². The van der Waals surface area contributed by atoms with Gasteiger partial charge >= 0.3 is 0 Å². The number of benzene rings is 1. The highest BCUT2D eigenvalue weighted by molar-refractivity contribution is 5.76. The largest absolute Gasteiger partial charge is 0.494 e. The molecule has 3 rings (SSSR count). The molecule has 2 heterocycles. The Morgan fingerprint density at radius 2 is 1.89 bits per heavy atom. The summed E-state index contributed by atoms with van der Waals surface area (Å²) in [5.74, 6) is 0.902. The van der Waals surface area contributed by atoms with E-state index >= 15 is 0 Å². The van der Waals surface area contributed by atoms with Gasteiger partial charge < -0.3 is 10.1 Å². The molecule has 0 atom stereocenters. The van der Waals surface area contributed by atoms with Gasteiger partial charge in [-0.25, -0.2) is 0 Å². The molecule has 0 spiro atoms. The number of aryl methyl sites for hydroxylation is 2. The molecule has 0 bridgehead atoms. The van der Waals surface area contributed by atoms with Crippen molar-refractivity contribution in [2.24, 2.45) is 7.05 Å². The highest BCUT2D eigenvalue weighted by Crippen LogP contribution is 2.16. The van der Waals surface area contributed by atoms with Gasteiger partial charge in [-0.15, -0.1) is 0 Å². The lowest BCUT2D eigenvalue weighted by Gasteiger charge is -2.08. The Balaban J connectivity index is 1.43. The summed E-state index contributed by atoms with van der Waals surface area (Å²) >= 11 is 0. The van der Waals surface area contributed by atoms with Crippen molar-refractivity contribution in [2.75, 3.05) is 6.61 Å². The summed E-state index contributed by atoms with van der Waals surface area (Å²) in [7, 11) is 1.89. The normalized spacial score (nSPS) is 10.6. The number of nitrogens with one attached hydrogen (secondary N) is 1. The summed E-state index contributed by atoms with van der Waals surface area (Å²) in [5, 5.41) is 7.10. The van der Waals surface area contributed by atoms with Crippen molar-refractivity contribution in [3.05, 3.63) is 66.0 Å². The Morgan fingerprint density at radius 3 is 2.54 bits per heavy atom. The first-order valence-corrected chi connectivity index (χ1v) is 9.57. The van der Waals surface area contributed by atoms with Crippen LogP contribution in [-0.2, 0) is 24.8 Å². The quantitative estimate of drug-likeness (QED) is 0.619. The molecule has 0 saturated heterocycles. The number of hydrogen-bond donors (Lipinski definition) is 1. The van der Waals surface area contributed by atoms with E-state index in [0.717, 1.165) is 41.3 Å². The standard InChI is InChI=1S/C22H26N4O2/c1-3-14-28-19-8-4-17(5-9-19)7-11-22(27)24-16-18-6-10-20(23-15-18)21-12-13-25-26(21)2/h4-6,8-10,12-13,15H,3,7,11,14,16H2,1-2H3,(H,24,27). The molecule has 6 heteroatoms. The van der Waals surface area contributed by atoms with Gasteiger partial charge in [-0.3, -0.25) is 14.5 Å². The Kier molecular flexibility index (Phi) is 6.78. The highest BCUT2D eigenvalue weighted by atomic mass is 16.5. The van der Waals surface area contributed by atoms with E-state index in [9.17, 15) is 4.79 Å². The number of rotatable bonds is 9. The van der Waals surface area contributed by atoms with E-state index < -0.39 is 0 Å². The van der Waals surface area contributed by atoms with Crippen LogP contribution >= 0.6 is 0 Å². The van der Waals surface area contributed by atoms with Crippen LogP contribution < -0.4 is 10.1 Å². The summed E-state index contributed by atoms with van der Waals surface area (Å²) in [6.45, 7) is 3.28. The summed E-state index contributed by atoms with van der Waals surface area (Å²) in [5.41, 5.74) is 3.92. The summed E-state index contributed by atoms with van der Waals surface area (Å²) in [6.07, 6.45) is 5.69. The van der Waals surface area contributed by atoms with Crippen molar-refractivity contribution in [3.8, 4) is 17.1 Å². The molecule has 0 aliphatic carbocycles. The van der Waals surface area contributed by atoms with Crippen molar-refractivity contribution < 1.29 is 9.53 Å². The predicted octanol–water partition coefficient (Wildman–Crippen LogP) is 3.52. The third kappa shape index (κ3) is 5.42. The third-order valence-corrected chi connectivity index (χ3v) is 4.43. The minimum Gasteiger partial charge on any atom is -0.494 e. The maximum atomic E-state index is 12.1. The fourth-order valence-corrected chi connectivity index (χ4v) is 2.82. The first kappa shape index (κ1) is 19.6. The molecule has 0 radical (unpaired) electrons. The van der Waals surface area contributed by atoms with Gasteiger partial charge in [-0.1, -0.05) is 25.1 Å². The molecule has 0 aliphatic heterocycles. The molecule has 3 aromatic rings. The Labute approximate surface area is 165 Å². The smallest absolute Gasteiger partial charge is 0.220 e. The lowest BCUT2D eigenvalue weighted by molar-refractivity contribution is -0.121. The zero-order chi connectivity index (χ0) is 19.8. The Hall–Kier alpha value is -3.15. The van der Waals surface area contributed by atoms with E-state index in [-0.39, 0.29) is 5.91 Å². The van der Waals surface area contributed by atoms with Crippen molar-refractivity contribution in [1.82, 2.24) is 20.1 Å². The van der Waals surface area contributed by atoms with Gasteiger partial charge in [-0.05, 0) is 48.2 Å². The molecule has 0 unspecified atom stereocenters. The molecular weight excluding hydrogens is 352 g/mol. The van der Waals surface area contributed by atoms with E-state index in [4.69, 9.17) is 4.74 Å². The Morgan fingerprint density at radius 1 is 1.11 bits per heavy atom. The molecule has 1 N–H and O–H groups in total. The second kappa shape index (κ2) is 9.69. The first-order chi connectivity index (χ1) is 13.7. The molecule has 28 heavy (non-hydrogen) atoms. The zero-order valence-corrected chi connectivity index (χ0v) is 16.4. The fraction of sp³-hybridized carbons (Fsp3) is 0.318. The van der Waals surface area contributed by atoms with Crippen molar-refractivity contribution in [2.45, 2.75) is 32.7 Å². The molecule has 0 fully saturated rings. The van der Waals surface area contributed by atoms with Crippen molar-refractivity contribution in [3.63, 3.8) is 0 Å². The van der Waals surface area contributed by atoms with Crippen LogP contribution in [0.1, 0.15) is 30.9 Å². The first-order valence-electron chi connectivity index (χ1n) is 9.57. The SMILES string of the molecule is CCCOc1ccc(CCC(=O)NCc2ccc(-c3ccnn3C)nc2)cc1. The van der Waals surface area contributed by atoms with Crippen LogP contribution in [0.2, 0.25) is 0 Å².